The van der Waals surface area contributed by atoms with Gasteiger partial charge in [0.05, 0.1) is 24.8 Å². The summed E-state index contributed by atoms with van der Waals surface area (Å²) < 4.78 is 10.6. The zero-order valence-electron chi connectivity index (χ0n) is 13.8. The van der Waals surface area contributed by atoms with Crippen molar-refractivity contribution in [3.05, 3.63) is 69.9 Å². The first kappa shape index (κ1) is 16.4. The maximum atomic E-state index is 11.0. The Morgan fingerprint density at radius 2 is 1.80 bits per heavy atom. The Labute approximate surface area is 144 Å². The van der Waals surface area contributed by atoms with Gasteiger partial charge in [-0.3, -0.25) is 10.1 Å². The lowest BCUT2D eigenvalue weighted by Crippen LogP contribution is -1.92. The number of non-ortho nitro benzene ring substituents is 1. The zero-order chi connectivity index (χ0) is 17.8. The van der Waals surface area contributed by atoms with Gasteiger partial charge >= 0.3 is 0 Å². The lowest BCUT2D eigenvalue weighted by molar-refractivity contribution is -0.384. The number of fused-ring (bicyclic) bond motifs is 1. The van der Waals surface area contributed by atoms with Gasteiger partial charge in [0.25, 0.3) is 5.69 Å². The number of rotatable bonds is 5. The third-order valence-corrected chi connectivity index (χ3v) is 3.78. The summed E-state index contributed by atoms with van der Waals surface area (Å²) in [5.41, 5.74) is 2.09. The van der Waals surface area contributed by atoms with Crippen LogP contribution < -0.4 is 9.47 Å². The third-order valence-electron chi connectivity index (χ3n) is 3.78. The monoisotopic (exact) mass is 336 g/mol. The highest BCUT2D eigenvalue weighted by Gasteiger charge is 2.09. The van der Waals surface area contributed by atoms with Crippen molar-refractivity contribution in [3.63, 3.8) is 0 Å². The smallest absolute Gasteiger partial charge is 0.270 e. The van der Waals surface area contributed by atoms with Crippen LogP contribution in [0.4, 0.5) is 5.69 Å². The molecule has 0 saturated heterocycles. The van der Waals surface area contributed by atoms with E-state index in [4.69, 9.17) is 9.47 Å². The first-order valence-corrected chi connectivity index (χ1v) is 7.56. The summed E-state index contributed by atoms with van der Waals surface area (Å²) in [6, 6.07) is 14.0. The number of aromatic nitrogens is 1. The molecule has 6 heteroatoms. The van der Waals surface area contributed by atoms with E-state index in [0.717, 1.165) is 10.9 Å². The van der Waals surface area contributed by atoms with Gasteiger partial charge in [-0.25, -0.2) is 4.98 Å². The molecule has 3 rings (SSSR count). The Morgan fingerprint density at radius 1 is 1.00 bits per heavy atom. The molecule has 0 radical (unpaired) electrons. The van der Waals surface area contributed by atoms with Crippen LogP contribution in [-0.4, -0.2) is 24.1 Å². The molecule has 1 aromatic heterocycles. The Hall–Kier alpha value is -3.41. The summed E-state index contributed by atoms with van der Waals surface area (Å²) in [5.74, 6) is 1.25. The van der Waals surface area contributed by atoms with Crippen LogP contribution in [0.3, 0.4) is 0 Å². The molecule has 1 heterocycles. The quantitative estimate of drug-likeness (QED) is 0.512. The maximum absolute atomic E-state index is 11.0. The van der Waals surface area contributed by atoms with Crippen LogP contribution in [-0.2, 0) is 0 Å². The summed E-state index contributed by atoms with van der Waals surface area (Å²) in [6.45, 7) is 0. The summed E-state index contributed by atoms with van der Waals surface area (Å²) in [4.78, 5) is 15.1. The van der Waals surface area contributed by atoms with Gasteiger partial charge in [0.1, 0.15) is 17.0 Å². The van der Waals surface area contributed by atoms with Crippen LogP contribution in [0.15, 0.2) is 48.5 Å². The predicted octanol–water partition coefficient (Wildman–Crippen LogP) is 4.33. The van der Waals surface area contributed by atoms with Crippen LogP contribution >= 0.6 is 0 Å². The van der Waals surface area contributed by atoms with E-state index in [9.17, 15) is 10.1 Å². The van der Waals surface area contributed by atoms with Crippen LogP contribution in [0.1, 0.15) is 11.3 Å². The average Bonchev–Trinajstić information content (AvgIpc) is 2.65. The van der Waals surface area contributed by atoms with Crippen molar-refractivity contribution >= 4 is 28.7 Å². The summed E-state index contributed by atoms with van der Waals surface area (Å²) >= 11 is 0. The minimum Gasteiger partial charge on any atom is -0.496 e. The second-order valence-corrected chi connectivity index (χ2v) is 5.28. The molecule has 2 aromatic carbocycles. The van der Waals surface area contributed by atoms with E-state index in [2.05, 4.69) is 4.98 Å². The molecule has 0 atom stereocenters. The molecule has 0 bridgehead atoms. The second-order valence-electron chi connectivity index (χ2n) is 5.28. The number of nitro groups is 1. The predicted molar refractivity (Wildman–Crippen MR) is 96.9 cm³/mol. The number of pyridine rings is 1. The number of ether oxygens (including phenoxy) is 2. The number of para-hydroxylation sites is 1. The summed E-state index contributed by atoms with van der Waals surface area (Å²) in [6.07, 6.45) is 3.53. The zero-order valence-corrected chi connectivity index (χ0v) is 13.8. The lowest BCUT2D eigenvalue weighted by Gasteiger charge is -2.06. The normalized spacial score (nSPS) is 11.0. The van der Waals surface area contributed by atoms with Gasteiger partial charge in [-0.2, -0.15) is 0 Å². The maximum Gasteiger partial charge on any atom is 0.270 e. The van der Waals surface area contributed by atoms with Gasteiger partial charge in [0, 0.05) is 23.1 Å². The van der Waals surface area contributed by atoms with Gasteiger partial charge in [0.2, 0.25) is 0 Å². The fraction of sp³-hybridized carbons (Fsp3) is 0.105. The minimum atomic E-state index is -0.435. The molecule has 0 fully saturated rings. The average molecular weight is 336 g/mol. The Balaban J connectivity index is 2.00. The van der Waals surface area contributed by atoms with E-state index in [1.54, 1.807) is 25.3 Å². The number of benzene rings is 2. The van der Waals surface area contributed by atoms with Crippen LogP contribution in [0.2, 0.25) is 0 Å². The van der Waals surface area contributed by atoms with Crippen molar-refractivity contribution in [2.24, 2.45) is 0 Å². The molecule has 0 N–H and O–H groups in total. The van der Waals surface area contributed by atoms with Gasteiger partial charge in [-0.1, -0.05) is 18.2 Å². The van der Waals surface area contributed by atoms with E-state index >= 15 is 0 Å². The van der Waals surface area contributed by atoms with E-state index in [1.165, 1.54) is 19.2 Å². The Kier molecular flexibility index (Phi) is 4.61. The van der Waals surface area contributed by atoms with Crippen molar-refractivity contribution in [1.82, 2.24) is 4.98 Å². The summed E-state index contributed by atoms with van der Waals surface area (Å²) in [7, 11) is 3.13. The molecule has 0 spiro atoms. The molecule has 0 amide bonds. The number of nitro benzene ring substituents is 1. The van der Waals surface area contributed by atoms with E-state index in [0.29, 0.717) is 22.8 Å². The largest absolute Gasteiger partial charge is 0.496 e. The Morgan fingerprint density at radius 3 is 2.52 bits per heavy atom. The number of hydrogen-bond donors (Lipinski definition) is 0. The van der Waals surface area contributed by atoms with Crippen molar-refractivity contribution in [1.29, 1.82) is 0 Å². The molecule has 0 aliphatic rings. The fourth-order valence-electron chi connectivity index (χ4n) is 2.53. The first-order chi connectivity index (χ1) is 12.1. The Bertz CT molecular complexity index is 967. The van der Waals surface area contributed by atoms with Gasteiger partial charge in [0.15, 0.2) is 0 Å². The second kappa shape index (κ2) is 7.00. The topological polar surface area (TPSA) is 74.5 Å². The van der Waals surface area contributed by atoms with E-state index < -0.39 is 4.92 Å². The van der Waals surface area contributed by atoms with Crippen LogP contribution in [0.25, 0.3) is 23.1 Å². The highest BCUT2D eigenvalue weighted by Crippen LogP contribution is 2.27. The van der Waals surface area contributed by atoms with Crippen molar-refractivity contribution in [2.45, 2.75) is 0 Å². The highest BCUT2D eigenvalue weighted by atomic mass is 16.6. The van der Waals surface area contributed by atoms with Crippen molar-refractivity contribution < 1.29 is 14.4 Å². The molecular formula is C19H16N2O4. The molecule has 0 aliphatic carbocycles. The van der Waals surface area contributed by atoms with Gasteiger partial charge in [-0.05, 0) is 30.4 Å². The van der Waals surface area contributed by atoms with Crippen LogP contribution in [0.5, 0.6) is 11.5 Å². The standard InChI is InChI=1S/C19H16N2O4/c1-24-17-11-10-16(21(22)23)12-14(17)7-9-15-8-6-13-4-3-5-18(25-2)19(13)20-15/h3-12H,1-2H3. The molecule has 126 valence electrons. The number of nitrogens with zero attached hydrogens (tertiary/aromatic N) is 2. The molecule has 0 aliphatic heterocycles. The third kappa shape index (κ3) is 3.42. The molecule has 0 unspecified atom stereocenters. The molecular weight excluding hydrogens is 320 g/mol. The first-order valence-electron chi connectivity index (χ1n) is 7.56. The number of hydrogen-bond acceptors (Lipinski definition) is 5. The van der Waals surface area contributed by atoms with Crippen molar-refractivity contribution in [3.8, 4) is 11.5 Å². The van der Waals surface area contributed by atoms with Gasteiger partial charge in [-0.15, -0.1) is 0 Å². The number of methoxy groups -OCH3 is 2. The SMILES string of the molecule is COc1ccc([N+](=O)[O-])cc1C=Cc1ccc2cccc(OC)c2n1. The van der Waals surface area contributed by atoms with E-state index in [1.807, 2.05) is 30.3 Å². The molecule has 6 nitrogen and oxygen atoms in total. The molecule has 0 saturated carbocycles. The molecule has 3 aromatic rings. The van der Waals surface area contributed by atoms with Crippen molar-refractivity contribution in [2.75, 3.05) is 14.2 Å². The van der Waals surface area contributed by atoms with E-state index in [-0.39, 0.29) is 5.69 Å². The van der Waals surface area contributed by atoms with Crippen LogP contribution in [0, 0.1) is 10.1 Å². The summed E-state index contributed by atoms with van der Waals surface area (Å²) in [5, 5.41) is 11.9. The minimum absolute atomic E-state index is 0.00795. The molecule has 25 heavy (non-hydrogen) atoms. The fourth-order valence-corrected chi connectivity index (χ4v) is 2.53. The van der Waals surface area contributed by atoms with Gasteiger partial charge < -0.3 is 9.47 Å². The highest BCUT2D eigenvalue weighted by molar-refractivity contribution is 5.86. The lowest BCUT2D eigenvalue weighted by atomic mass is 10.1.